The molecule has 1 N–H and O–H groups in total. The van der Waals surface area contributed by atoms with Gasteiger partial charge in [-0.25, -0.2) is 0 Å². The van der Waals surface area contributed by atoms with E-state index < -0.39 is 0 Å². The first kappa shape index (κ1) is 11.6. The Bertz CT molecular complexity index is 388. The average molecular weight is 283 g/mol. The fraction of sp³-hybridized carbons (Fsp3) is 0.417. The second-order valence-corrected chi connectivity index (χ2v) is 4.90. The molecule has 0 aliphatic carbocycles. The van der Waals surface area contributed by atoms with Crippen molar-refractivity contribution in [3.8, 4) is 0 Å². The highest BCUT2D eigenvalue weighted by Crippen LogP contribution is 2.19. The molecule has 1 fully saturated rings. The van der Waals surface area contributed by atoms with E-state index in [0.717, 1.165) is 29.5 Å². The number of carbonyl (C=O) groups excluding carboxylic acids is 1. The van der Waals surface area contributed by atoms with Gasteiger partial charge in [0.2, 0.25) is 0 Å². The number of nitrogens with one attached hydrogen (secondary N) is 1. The number of benzene rings is 1. The summed E-state index contributed by atoms with van der Waals surface area (Å²) in [6.07, 6.45) is 1.03. The van der Waals surface area contributed by atoms with E-state index in [0.29, 0.717) is 6.04 Å². The summed E-state index contributed by atoms with van der Waals surface area (Å²) in [7, 11) is 1.87. The van der Waals surface area contributed by atoms with Crippen LogP contribution in [0.5, 0.6) is 0 Å². The summed E-state index contributed by atoms with van der Waals surface area (Å²) in [5, 5.41) is 3.27. The van der Waals surface area contributed by atoms with E-state index in [9.17, 15) is 4.79 Å². The molecule has 1 saturated heterocycles. The number of nitrogens with zero attached hydrogens (tertiary/aromatic N) is 1. The lowest BCUT2D eigenvalue weighted by atomic mass is 10.1. The van der Waals surface area contributed by atoms with Gasteiger partial charge < -0.3 is 10.2 Å². The van der Waals surface area contributed by atoms with Gasteiger partial charge in [0.05, 0.1) is 5.56 Å². The smallest absolute Gasteiger partial charge is 0.255 e. The number of rotatable bonds is 2. The van der Waals surface area contributed by atoms with Crippen LogP contribution in [0.3, 0.4) is 0 Å². The Morgan fingerprint density at radius 3 is 2.88 bits per heavy atom. The molecule has 1 aliphatic heterocycles. The van der Waals surface area contributed by atoms with Crippen molar-refractivity contribution in [1.82, 2.24) is 10.2 Å². The molecule has 86 valence electrons. The molecule has 0 spiro atoms. The Kier molecular flexibility index (Phi) is 3.61. The zero-order chi connectivity index (χ0) is 11.5. The third kappa shape index (κ3) is 2.28. The van der Waals surface area contributed by atoms with Crippen LogP contribution in [0.15, 0.2) is 28.7 Å². The number of carbonyl (C=O) groups is 1. The van der Waals surface area contributed by atoms with Crippen LogP contribution in [-0.4, -0.2) is 37.0 Å². The second-order valence-electron chi connectivity index (χ2n) is 4.04. The zero-order valence-corrected chi connectivity index (χ0v) is 10.8. The number of likely N-dealkylation sites (N-methyl/N-ethyl adjacent to an activating group) is 1. The van der Waals surface area contributed by atoms with E-state index in [1.165, 1.54) is 0 Å². The van der Waals surface area contributed by atoms with Gasteiger partial charge in [0.1, 0.15) is 0 Å². The summed E-state index contributed by atoms with van der Waals surface area (Å²) in [6, 6.07) is 7.87. The van der Waals surface area contributed by atoms with Crippen molar-refractivity contribution in [2.45, 2.75) is 12.5 Å². The van der Waals surface area contributed by atoms with Crippen molar-refractivity contribution in [2.75, 3.05) is 20.1 Å². The van der Waals surface area contributed by atoms with Crippen molar-refractivity contribution < 1.29 is 4.79 Å². The van der Waals surface area contributed by atoms with Gasteiger partial charge in [-0.3, -0.25) is 4.79 Å². The number of hydrogen-bond acceptors (Lipinski definition) is 2. The van der Waals surface area contributed by atoms with Crippen molar-refractivity contribution in [3.63, 3.8) is 0 Å². The molecule has 1 atom stereocenters. The SMILES string of the molecule is CN(C(=O)c1ccccc1Br)[C@@H]1CCNC1. The highest BCUT2D eigenvalue weighted by atomic mass is 79.9. The van der Waals surface area contributed by atoms with Gasteiger partial charge in [0, 0.05) is 24.1 Å². The summed E-state index contributed by atoms with van der Waals surface area (Å²) in [6.45, 7) is 1.89. The van der Waals surface area contributed by atoms with E-state index >= 15 is 0 Å². The first-order valence-electron chi connectivity index (χ1n) is 5.42. The lowest BCUT2D eigenvalue weighted by Gasteiger charge is -2.24. The quantitative estimate of drug-likeness (QED) is 0.899. The molecular formula is C12H15BrN2O. The molecule has 0 bridgehead atoms. The van der Waals surface area contributed by atoms with E-state index in [4.69, 9.17) is 0 Å². The predicted molar refractivity (Wildman–Crippen MR) is 67.5 cm³/mol. The Morgan fingerprint density at radius 1 is 1.50 bits per heavy atom. The fourth-order valence-electron chi connectivity index (χ4n) is 1.96. The van der Waals surface area contributed by atoms with E-state index in [-0.39, 0.29) is 5.91 Å². The minimum atomic E-state index is 0.0844. The predicted octanol–water partition coefficient (Wildman–Crippen LogP) is 1.88. The monoisotopic (exact) mass is 282 g/mol. The number of halogens is 1. The fourth-order valence-corrected chi connectivity index (χ4v) is 2.41. The summed E-state index contributed by atoms with van der Waals surface area (Å²) >= 11 is 3.41. The van der Waals surface area contributed by atoms with Gasteiger partial charge in [-0.1, -0.05) is 12.1 Å². The molecule has 0 unspecified atom stereocenters. The van der Waals surface area contributed by atoms with Gasteiger partial charge in [-0.2, -0.15) is 0 Å². The molecule has 1 heterocycles. The van der Waals surface area contributed by atoms with Crippen molar-refractivity contribution >= 4 is 21.8 Å². The average Bonchev–Trinajstić information content (AvgIpc) is 2.81. The Hall–Kier alpha value is -0.870. The maximum Gasteiger partial charge on any atom is 0.255 e. The molecule has 0 saturated carbocycles. The van der Waals surface area contributed by atoms with Crippen molar-refractivity contribution in [2.24, 2.45) is 0 Å². The number of amides is 1. The summed E-state index contributed by atoms with van der Waals surface area (Å²) < 4.78 is 0.859. The van der Waals surface area contributed by atoms with E-state index in [1.54, 1.807) is 0 Å². The van der Waals surface area contributed by atoms with Crippen LogP contribution in [0.4, 0.5) is 0 Å². The van der Waals surface area contributed by atoms with Gasteiger partial charge >= 0.3 is 0 Å². The third-order valence-electron chi connectivity index (χ3n) is 3.01. The Labute approximate surface area is 104 Å². The van der Waals surface area contributed by atoms with Crippen LogP contribution in [0.2, 0.25) is 0 Å². The highest BCUT2D eigenvalue weighted by molar-refractivity contribution is 9.10. The van der Waals surface area contributed by atoms with Crippen LogP contribution < -0.4 is 5.32 Å². The second kappa shape index (κ2) is 4.97. The molecule has 16 heavy (non-hydrogen) atoms. The Balaban J connectivity index is 2.15. The molecule has 0 aromatic heterocycles. The molecular weight excluding hydrogens is 268 g/mol. The van der Waals surface area contributed by atoms with E-state index in [1.807, 2.05) is 36.2 Å². The Morgan fingerprint density at radius 2 is 2.25 bits per heavy atom. The third-order valence-corrected chi connectivity index (χ3v) is 3.70. The molecule has 1 aromatic rings. The molecule has 1 aromatic carbocycles. The van der Waals surface area contributed by atoms with Gasteiger partial charge in [-0.15, -0.1) is 0 Å². The summed E-state index contributed by atoms with van der Waals surface area (Å²) in [5.74, 6) is 0.0844. The standard InChI is InChI=1S/C12H15BrN2O/c1-15(9-6-7-14-8-9)12(16)10-4-2-3-5-11(10)13/h2-5,9,14H,6-8H2,1H3/t9-/m1/s1. The van der Waals surface area contributed by atoms with Crippen LogP contribution in [0.25, 0.3) is 0 Å². The molecule has 1 amide bonds. The number of hydrogen-bond donors (Lipinski definition) is 1. The highest BCUT2D eigenvalue weighted by Gasteiger charge is 2.24. The van der Waals surface area contributed by atoms with Crippen molar-refractivity contribution in [3.05, 3.63) is 34.3 Å². The molecule has 3 nitrogen and oxygen atoms in total. The minimum Gasteiger partial charge on any atom is -0.337 e. The first-order valence-corrected chi connectivity index (χ1v) is 6.22. The summed E-state index contributed by atoms with van der Waals surface area (Å²) in [5.41, 5.74) is 0.733. The van der Waals surface area contributed by atoms with E-state index in [2.05, 4.69) is 21.2 Å². The van der Waals surface area contributed by atoms with Crippen molar-refractivity contribution in [1.29, 1.82) is 0 Å². The zero-order valence-electron chi connectivity index (χ0n) is 9.24. The first-order chi connectivity index (χ1) is 7.70. The summed E-state index contributed by atoms with van der Waals surface area (Å²) in [4.78, 5) is 14.1. The minimum absolute atomic E-state index is 0.0844. The van der Waals surface area contributed by atoms with Crippen LogP contribution in [-0.2, 0) is 0 Å². The van der Waals surface area contributed by atoms with Gasteiger partial charge in [0.25, 0.3) is 5.91 Å². The molecule has 1 aliphatic rings. The van der Waals surface area contributed by atoms with Crippen LogP contribution in [0, 0.1) is 0 Å². The normalized spacial score (nSPS) is 19.8. The lowest BCUT2D eigenvalue weighted by molar-refractivity contribution is 0.0743. The largest absolute Gasteiger partial charge is 0.337 e. The lowest BCUT2D eigenvalue weighted by Crippen LogP contribution is -2.38. The van der Waals surface area contributed by atoms with Crippen LogP contribution >= 0.6 is 15.9 Å². The maximum atomic E-state index is 12.2. The molecule has 2 rings (SSSR count). The van der Waals surface area contributed by atoms with Gasteiger partial charge in [0.15, 0.2) is 0 Å². The maximum absolute atomic E-state index is 12.2. The van der Waals surface area contributed by atoms with Crippen LogP contribution in [0.1, 0.15) is 16.8 Å². The van der Waals surface area contributed by atoms with Gasteiger partial charge in [-0.05, 0) is 41.0 Å². The topological polar surface area (TPSA) is 32.3 Å². The molecule has 4 heteroatoms. The molecule has 0 radical (unpaired) electrons.